The second-order valence-corrected chi connectivity index (χ2v) is 9.80. The van der Waals surface area contributed by atoms with E-state index in [0.717, 1.165) is 64.0 Å². The van der Waals surface area contributed by atoms with Crippen LogP contribution in [0, 0.1) is 17.8 Å². The van der Waals surface area contributed by atoms with E-state index in [1.54, 1.807) is 6.20 Å². The standard InChI is InChI=1S/C23H32N6O2/c30-21-17-3-1-7-24-20(17)16-6-5-15(13-19(16)26-21)14-28-9-11-29(12-10-28)23-27-18-4-2-8-25-22(18)31-23/h2,4,8,15-17,19-20,24H,1,3,5-7,9-14H2,(H,26,30). The number of oxazole rings is 1. The van der Waals surface area contributed by atoms with Crippen molar-refractivity contribution in [2.24, 2.45) is 17.8 Å². The molecule has 6 rings (SSSR count). The maximum atomic E-state index is 12.6. The maximum absolute atomic E-state index is 12.6. The van der Waals surface area contributed by atoms with Gasteiger partial charge in [-0.1, -0.05) is 0 Å². The van der Waals surface area contributed by atoms with E-state index in [-0.39, 0.29) is 5.92 Å². The third-order valence-corrected chi connectivity index (χ3v) is 7.96. The third kappa shape index (κ3) is 3.69. The molecule has 8 nitrogen and oxygen atoms in total. The van der Waals surface area contributed by atoms with Crippen LogP contribution in [-0.2, 0) is 4.79 Å². The van der Waals surface area contributed by atoms with Gasteiger partial charge in [0.1, 0.15) is 5.52 Å². The first-order chi connectivity index (χ1) is 15.2. The predicted octanol–water partition coefficient (Wildman–Crippen LogP) is 1.63. The van der Waals surface area contributed by atoms with Gasteiger partial charge in [0, 0.05) is 51.0 Å². The SMILES string of the molecule is O=C1NC2CC(CN3CCN(c4nc5cccnc5o4)CC3)CCC2C2NCCCC12. The quantitative estimate of drug-likeness (QED) is 0.774. The first kappa shape index (κ1) is 19.5. The second-order valence-electron chi connectivity index (χ2n) is 9.80. The molecule has 0 bridgehead atoms. The lowest BCUT2D eigenvalue weighted by atomic mass is 9.67. The summed E-state index contributed by atoms with van der Waals surface area (Å²) in [6.07, 6.45) is 7.55. The smallest absolute Gasteiger partial charge is 0.299 e. The average molecular weight is 425 g/mol. The van der Waals surface area contributed by atoms with Gasteiger partial charge >= 0.3 is 0 Å². The summed E-state index contributed by atoms with van der Waals surface area (Å²) < 4.78 is 5.84. The fraction of sp³-hybridized carbons (Fsp3) is 0.696. The summed E-state index contributed by atoms with van der Waals surface area (Å²) in [6, 6.07) is 5.28. The molecular weight excluding hydrogens is 392 g/mol. The van der Waals surface area contributed by atoms with Crippen molar-refractivity contribution in [2.45, 2.75) is 44.2 Å². The molecule has 2 aromatic rings. The van der Waals surface area contributed by atoms with E-state index in [1.165, 1.54) is 12.8 Å². The number of carbonyl (C=O) groups is 1. The number of aromatic nitrogens is 2. The summed E-state index contributed by atoms with van der Waals surface area (Å²) in [4.78, 5) is 26.3. The number of fused-ring (bicyclic) bond motifs is 4. The molecule has 166 valence electrons. The number of rotatable bonds is 3. The summed E-state index contributed by atoms with van der Waals surface area (Å²) in [7, 11) is 0. The second kappa shape index (κ2) is 8.06. The van der Waals surface area contributed by atoms with Gasteiger partial charge in [-0.25, -0.2) is 4.98 Å². The highest BCUT2D eigenvalue weighted by atomic mass is 16.4. The Balaban J connectivity index is 1.03. The number of anilines is 1. The Kier molecular flexibility index (Phi) is 5.07. The molecule has 0 aromatic carbocycles. The van der Waals surface area contributed by atoms with Crippen LogP contribution in [0.3, 0.4) is 0 Å². The zero-order chi connectivity index (χ0) is 20.8. The summed E-state index contributed by atoms with van der Waals surface area (Å²) in [5, 5.41) is 7.07. The number of hydrogen-bond acceptors (Lipinski definition) is 7. The van der Waals surface area contributed by atoms with Gasteiger partial charge in [0.2, 0.25) is 11.6 Å². The molecule has 1 amide bonds. The minimum absolute atomic E-state index is 0.196. The number of amides is 1. The Hall–Kier alpha value is -2.19. The largest absolute Gasteiger partial charge is 0.404 e. The van der Waals surface area contributed by atoms with Gasteiger partial charge in [-0.3, -0.25) is 9.69 Å². The maximum Gasteiger partial charge on any atom is 0.299 e. The molecule has 1 aliphatic carbocycles. The van der Waals surface area contributed by atoms with Crippen molar-refractivity contribution >= 4 is 23.2 Å². The first-order valence-corrected chi connectivity index (χ1v) is 12.0. The molecule has 5 unspecified atom stereocenters. The molecule has 1 saturated carbocycles. The van der Waals surface area contributed by atoms with Crippen LogP contribution < -0.4 is 15.5 Å². The number of piperidine rings is 2. The molecule has 31 heavy (non-hydrogen) atoms. The normalized spacial score (nSPS) is 34.3. The van der Waals surface area contributed by atoms with E-state index in [4.69, 9.17) is 4.42 Å². The van der Waals surface area contributed by atoms with E-state index in [2.05, 4.69) is 30.4 Å². The van der Waals surface area contributed by atoms with Crippen molar-refractivity contribution in [3.63, 3.8) is 0 Å². The predicted molar refractivity (Wildman–Crippen MR) is 118 cm³/mol. The average Bonchev–Trinajstić information content (AvgIpc) is 3.24. The van der Waals surface area contributed by atoms with Crippen molar-refractivity contribution in [1.29, 1.82) is 0 Å². The molecule has 0 radical (unpaired) electrons. The van der Waals surface area contributed by atoms with Gasteiger partial charge in [-0.15, -0.1) is 0 Å². The van der Waals surface area contributed by atoms with E-state index in [0.29, 0.717) is 41.6 Å². The summed E-state index contributed by atoms with van der Waals surface area (Å²) in [5.41, 5.74) is 1.43. The number of pyridine rings is 1. The monoisotopic (exact) mass is 424 g/mol. The molecule has 3 aliphatic heterocycles. The Morgan fingerprint density at radius 2 is 2.06 bits per heavy atom. The highest BCUT2D eigenvalue weighted by Gasteiger charge is 2.47. The summed E-state index contributed by atoms with van der Waals surface area (Å²) in [5.74, 6) is 1.77. The van der Waals surface area contributed by atoms with Crippen LogP contribution >= 0.6 is 0 Å². The minimum atomic E-state index is 0.196. The zero-order valence-electron chi connectivity index (χ0n) is 18.0. The van der Waals surface area contributed by atoms with Crippen LogP contribution in [0.5, 0.6) is 0 Å². The lowest BCUT2D eigenvalue weighted by Gasteiger charge is -2.49. The third-order valence-electron chi connectivity index (χ3n) is 7.96. The number of carbonyl (C=O) groups excluding carboxylic acids is 1. The van der Waals surface area contributed by atoms with Gasteiger partial charge in [-0.2, -0.15) is 4.98 Å². The Bertz CT molecular complexity index is 906. The Labute approximate surface area is 182 Å². The highest BCUT2D eigenvalue weighted by Crippen LogP contribution is 2.39. The molecule has 8 heteroatoms. The van der Waals surface area contributed by atoms with E-state index >= 15 is 0 Å². The van der Waals surface area contributed by atoms with Crippen LogP contribution in [0.25, 0.3) is 11.2 Å². The number of nitrogens with one attached hydrogen (secondary N) is 2. The number of hydrogen-bond donors (Lipinski definition) is 2. The Morgan fingerprint density at radius 3 is 2.94 bits per heavy atom. The first-order valence-electron chi connectivity index (χ1n) is 12.0. The molecule has 4 fully saturated rings. The van der Waals surface area contributed by atoms with Gasteiger partial charge in [-0.05, 0) is 62.6 Å². The van der Waals surface area contributed by atoms with Crippen molar-refractivity contribution in [2.75, 3.05) is 44.2 Å². The van der Waals surface area contributed by atoms with Crippen molar-refractivity contribution < 1.29 is 9.21 Å². The molecular formula is C23H32N6O2. The van der Waals surface area contributed by atoms with Crippen LogP contribution in [0.15, 0.2) is 22.7 Å². The fourth-order valence-electron chi connectivity index (χ4n) is 6.37. The fourth-order valence-corrected chi connectivity index (χ4v) is 6.37. The molecule has 2 N–H and O–H groups in total. The topological polar surface area (TPSA) is 86.5 Å². The van der Waals surface area contributed by atoms with Gasteiger partial charge in [0.25, 0.3) is 6.01 Å². The minimum Gasteiger partial charge on any atom is -0.404 e. The van der Waals surface area contributed by atoms with Crippen LogP contribution in [0.4, 0.5) is 6.01 Å². The van der Waals surface area contributed by atoms with Crippen LogP contribution in [-0.4, -0.2) is 72.1 Å². The van der Waals surface area contributed by atoms with E-state index in [1.807, 2.05) is 12.1 Å². The van der Waals surface area contributed by atoms with Gasteiger partial charge < -0.3 is 20.0 Å². The van der Waals surface area contributed by atoms with Crippen molar-refractivity contribution in [3.05, 3.63) is 18.3 Å². The van der Waals surface area contributed by atoms with Gasteiger partial charge in [0.15, 0.2) is 0 Å². The van der Waals surface area contributed by atoms with Crippen LogP contribution in [0.2, 0.25) is 0 Å². The molecule has 0 spiro atoms. The number of piperazine rings is 1. The lowest BCUT2D eigenvalue weighted by molar-refractivity contribution is -0.133. The Morgan fingerprint density at radius 1 is 1.16 bits per heavy atom. The molecule has 5 atom stereocenters. The molecule has 3 saturated heterocycles. The highest BCUT2D eigenvalue weighted by molar-refractivity contribution is 5.81. The van der Waals surface area contributed by atoms with Crippen LogP contribution in [0.1, 0.15) is 32.1 Å². The number of nitrogens with zero attached hydrogens (tertiary/aromatic N) is 4. The zero-order valence-corrected chi connectivity index (χ0v) is 18.0. The molecule has 5 heterocycles. The van der Waals surface area contributed by atoms with E-state index < -0.39 is 0 Å². The lowest BCUT2D eigenvalue weighted by Crippen LogP contribution is -2.64. The van der Waals surface area contributed by atoms with E-state index in [9.17, 15) is 4.79 Å². The van der Waals surface area contributed by atoms with Crippen molar-refractivity contribution in [3.8, 4) is 0 Å². The van der Waals surface area contributed by atoms with Gasteiger partial charge in [0.05, 0.1) is 5.92 Å². The molecule has 4 aliphatic rings. The summed E-state index contributed by atoms with van der Waals surface area (Å²) in [6.45, 7) is 6.10. The molecule has 2 aromatic heterocycles. The summed E-state index contributed by atoms with van der Waals surface area (Å²) >= 11 is 0. The van der Waals surface area contributed by atoms with Crippen molar-refractivity contribution in [1.82, 2.24) is 25.5 Å².